The van der Waals surface area contributed by atoms with E-state index in [1.165, 1.54) is 18.2 Å². The average Bonchev–Trinajstić information content (AvgIpc) is 3.03. The molecule has 2 aromatic carbocycles. The Kier molecular flexibility index (Phi) is 8.82. The standard InChI is InChI=1S/C23H25FN4O3.2ClH/c1-15-26-22(30)23(27-15)9-12-28(13-10-23)21(29)19-14-18(6-7-20(19)24)31-17-4-2-16(3-5-17)8-11-25;;/h2-7,14H,8-13,25H2,1H3,(H,26,27,30);2*1H. The van der Waals surface area contributed by atoms with E-state index in [0.717, 1.165) is 12.0 Å². The molecule has 0 aromatic heterocycles. The number of halogens is 3. The summed E-state index contributed by atoms with van der Waals surface area (Å²) in [6.07, 6.45) is 1.60. The van der Waals surface area contributed by atoms with Crippen LogP contribution in [0.15, 0.2) is 47.5 Å². The quantitative estimate of drug-likeness (QED) is 0.661. The summed E-state index contributed by atoms with van der Waals surface area (Å²) in [5, 5.41) is 2.73. The molecule has 2 aliphatic rings. The van der Waals surface area contributed by atoms with Crippen LogP contribution in [0.5, 0.6) is 11.5 Å². The van der Waals surface area contributed by atoms with Gasteiger partial charge in [-0.2, -0.15) is 0 Å². The Morgan fingerprint density at radius 2 is 1.79 bits per heavy atom. The zero-order valence-corrected chi connectivity index (χ0v) is 19.8. The van der Waals surface area contributed by atoms with Gasteiger partial charge in [0, 0.05) is 13.1 Å². The number of benzene rings is 2. The van der Waals surface area contributed by atoms with Crippen molar-refractivity contribution in [2.75, 3.05) is 19.6 Å². The number of ether oxygens (including phenoxy) is 1. The predicted molar refractivity (Wildman–Crippen MR) is 129 cm³/mol. The summed E-state index contributed by atoms with van der Waals surface area (Å²) >= 11 is 0. The average molecular weight is 497 g/mol. The smallest absolute Gasteiger partial charge is 0.256 e. The summed E-state index contributed by atoms with van der Waals surface area (Å²) in [5.41, 5.74) is 5.80. The number of nitrogens with one attached hydrogen (secondary N) is 1. The van der Waals surface area contributed by atoms with Gasteiger partial charge in [-0.1, -0.05) is 12.1 Å². The normalized spacial score (nSPS) is 16.4. The topological polar surface area (TPSA) is 97.0 Å². The van der Waals surface area contributed by atoms with Gasteiger partial charge in [-0.15, -0.1) is 24.8 Å². The third-order valence-corrected chi connectivity index (χ3v) is 5.74. The molecule has 1 fully saturated rings. The summed E-state index contributed by atoms with van der Waals surface area (Å²) in [5.74, 6) is 0.401. The van der Waals surface area contributed by atoms with Crippen LogP contribution in [0.1, 0.15) is 35.7 Å². The molecule has 178 valence electrons. The molecule has 3 N–H and O–H groups in total. The molecule has 2 aromatic rings. The summed E-state index contributed by atoms with van der Waals surface area (Å²) in [4.78, 5) is 31.2. The van der Waals surface area contributed by atoms with Crippen LogP contribution in [0.25, 0.3) is 0 Å². The van der Waals surface area contributed by atoms with Gasteiger partial charge in [0.2, 0.25) is 0 Å². The van der Waals surface area contributed by atoms with Crippen LogP contribution in [0.3, 0.4) is 0 Å². The molecule has 10 heteroatoms. The lowest BCUT2D eigenvalue weighted by atomic mass is 9.87. The summed E-state index contributed by atoms with van der Waals surface area (Å²) in [7, 11) is 0. The third kappa shape index (κ3) is 5.63. The van der Waals surface area contributed by atoms with Crippen molar-refractivity contribution in [1.29, 1.82) is 0 Å². The van der Waals surface area contributed by atoms with Gasteiger partial charge in [-0.05, 0) is 68.6 Å². The molecule has 7 nitrogen and oxygen atoms in total. The maximum absolute atomic E-state index is 14.5. The zero-order valence-electron chi connectivity index (χ0n) is 18.2. The summed E-state index contributed by atoms with van der Waals surface area (Å²) < 4.78 is 20.3. The summed E-state index contributed by atoms with van der Waals surface area (Å²) in [6.45, 7) is 2.97. The molecule has 0 saturated carbocycles. The van der Waals surface area contributed by atoms with Crippen LogP contribution in [0, 0.1) is 5.82 Å². The molecule has 1 saturated heterocycles. The third-order valence-electron chi connectivity index (χ3n) is 5.74. The van der Waals surface area contributed by atoms with Crippen molar-refractivity contribution in [3.63, 3.8) is 0 Å². The Balaban J connectivity index is 0.00000193. The molecular weight excluding hydrogens is 470 g/mol. The van der Waals surface area contributed by atoms with Gasteiger partial charge in [-0.3, -0.25) is 14.6 Å². The monoisotopic (exact) mass is 496 g/mol. The van der Waals surface area contributed by atoms with E-state index in [9.17, 15) is 14.0 Å². The fourth-order valence-electron chi connectivity index (χ4n) is 4.03. The molecule has 2 heterocycles. The lowest BCUT2D eigenvalue weighted by Gasteiger charge is -2.35. The van der Waals surface area contributed by atoms with E-state index >= 15 is 0 Å². The highest BCUT2D eigenvalue weighted by Crippen LogP contribution is 2.31. The van der Waals surface area contributed by atoms with E-state index in [1.807, 2.05) is 24.3 Å². The first kappa shape index (κ1) is 26.6. The Bertz CT molecular complexity index is 1040. The number of amidine groups is 1. The van der Waals surface area contributed by atoms with E-state index in [1.54, 1.807) is 11.8 Å². The maximum Gasteiger partial charge on any atom is 0.256 e. The molecule has 0 atom stereocenters. The van der Waals surface area contributed by atoms with Gasteiger partial charge in [-0.25, -0.2) is 4.39 Å². The van der Waals surface area contributed by atoms with E-state index in [2.05, 4.69) is 10.3 Å². The molecule has 1 spiro atoms. The molecule has 2 amide bonds. The van der Waals surface area contributed by atoms with Gasteiger partial charge >= 0.3 is 0 Å². The first-order valence-electron chi connectivity index (χ1n) is 10.3. The van der Waals surface area contributed by atoms with Crippen molar-refractivity contribution < 1.29 is 18.7 Å². The predicted octanol–water partition coefficient (Wildman–Crippen LogP) is 3.49. The van der Waals surface area contributed by atoms with Gasteiger partial charge in [0.1, 0.15) is 28.7 Å². The van der Waals surface area contributed by atoms with Crippen LogP contribution >= 0.6 is 24.8 Å². The second-order valence-electron chi connectivity index (χ2n) is 7.90. The van der Waals surface area contributed by atoms with Crippen LogP contribution in [0.4, 0.5) is 4.39 Å². The SMILES string of the molecule is CC1=NC2(CCN(C(=O)c3cc(Oc4ccc(CCN)cc4)ccc3F)CC2)C(=O)N1.Cl.Cl. The molecule has 33 heavy (non-hydrogen) atoms. The van der Waals surface area contributed by atoms with Gasteiger partial charge in [0.25, 0.3) is 11.8 Å². The number of nitrogens with two attached hydrogens (primary N) is 1. The Hall–Kier alpha value is -2.68. The van der Waals surface area contributed by atoms with Crippen molar-refractivity contribution in [2.45, 2.75) is 31.7 Å². The number of rotatable bonds is 5. The number of hydrogen-bond acceptors (Lipinski definition) is 5. The highest BCUT2D eigenvalue weighted by atomic mass is 35.5. The number of likely N-dealkylation sites (tertiary alicyclic amines) is 1. The zero-order chi connectivity index (χ0) is 22.0. The van der Waals surface area contributed by atoms with E-state index in [-0.39, 0.29) is 36.3 Å². The van der Waals surface area contributed by atoms with Crippen LogP contribution < -0.4 is 15.8 Å². The van der Waals surface area contributed by atoms with Crippen molar-refractivity contribution >= 4 is 42.5 Å². The molecule has 4 rings (SSSR count). The molecule has 2 aliphatic heterocycles. The summed E-state index contributed by atoms with van der Waals surface area (Å²) in [6, 6.07) is 11.6. The van der Waals surface area contributed by atoms with Crippen LogP contribution in [-0.2, 0) is 11.2 Å². The maximum atomic E-state index is 14.5. The van der Waals surface area contributed by atoms with E-state index < -0.39 is 17.3 Å². The molecule has 0 unspecified atom stereocenters. The first-order valence-corrected chi connectivity index (χ1v) is 10.3. The number of carbonyl (C=O) groups is 2. The fourth-order valence-corrected chi connectivity index (χ4v) is 4.03. The fraction of sp³-hybridized carbons (Fsp3) is 0.348. The Morgan fingerprint density at radius 1 is 1.15 bits per heavy atom. The second-order valence-corrected chi connectivity index (χ2v) is 7.90. The minimum Gasteiger partial charge on any atom is -0.457 e. The van der Waals surface area contributed by atoms with Crippen LogP contribution in [0.2, 0.25) is 0 Å². The van der Waals surface area contributed by atoms with Crippen LogP contribution in [-0.4, -0.2) is 47.7 Å². The van der Waals surface area contributed by atoms with E-state index in [4.69, 9.17) is 10.5 Å². The van der Waals surface area contributed by atoms with Crippen molar-refractivity contribution in [3.8, 4) is 11.5 Å². The Labute approximate surface area is 204 Å². The number of carbonyl (C=O) groups excluding carboxylic acids is 2. The van der Waals surface area contributed by atoms with Gasteiger partial charge in [0.15, 0.2) is 0 Å². The molecule has 0 bridgehead atoms. The molecule has 0 aliphatic carbocycles. The minimum atomic E-state index is -0.805. The number of nitrogens with zero attached hydrogens (tertiary/aromatic N) is 2. The lowest BCUT2D eigenvalue weighted by Crippen LogP contribution is -2.50. The molecular formula is C23H27Cl2FN4O3. The number of piperidine rings is 1. The first-order chi connectivity index (χ1) is 14.9. The number of amides is 2. The minimum absolute atomic E-state index is 0. The van der Waals surface area contributed by atoms with Crippen molar-refractivity contribution in [2.24, 2.45) is 10.7 Å². The van der Waals surface area contributed by atoms with Gasteiger partial charge < -0.3 is 20.7 Å². The highest BCUT2D eigenvalue weighted by molar-refractivity contribution is 6.07. The number of aliphatic imine (C=N–C) groups is 1. The van der Waals surface area contributed by atoms with Crippen molar-refractivity contribution in [1.82, 2.24) is 10.2 Å². The number of hydrogen-bond donors (Lipinski definition) is 2. The largest absolute Gasteiger partial charge is 0.457 e. The molecule has 0 radical (unpaired) electrons. The van der Waals surface area contributed by atoms with E-state index in [0.29, 0.717) is 49.8 Å². The Morgan fingerprint density at radius 3 is 2.36 bits per heavy atom. The second kappa shape index (κ2) is 11.0. The van der Waals surface area contributed by atoms with Gasteiger partial charge in [0.05, 0.1) is 5.56 Å². The lowest BCUT2D eigenvalue weighted by molar-refractivity contribution is -0.125. The highest BCUT2D eigenvalue weighted by Gasteiger charge is 2.45. The van der Waals surface area contributed by atoms with Crippen molar-refractivity contribution in [3.05, 3.63) is 59.4 Å².